The van der Waals surface area contributed by atoms with Crippen molar-refractivity contribution in [1.82, 2.24) is 5.32 Å². The van der Waals surface area contributed by atoms with Crippen molar-refractivity contribution in [3.05, 3.63) is 209 Å². The van der Waals surface area contributed by atoms with Crippen LogP contribution in [0.5, 0.6) is 0 Å². The summed E-state index contributed by atoms with van der Waals surface area (Å²) in [5.74, 6) is 1.44. The van der Waals surface area contributed by atoms with E-state index in [1.165, 1.54) is 44.3 Å². The van der Waals surface area contributed by atoms with E-state index in [1.807, 2.05) is 6.07 Å². The monoisotopic (exact) mass is 771 g/mol. The summed E-state index contributed by atoms with van der Waals surface area (Å²) in [5, 5.41) is 10.5. The van der Waals surface area contributed by atoms with Gasteiger partial charge >= 0.3 is 0 Å². The SMILES string of the molecule is CC1(C)C2=C(CCC=C2)c2ccc(-c3cccc4oc5cc(C6=NC(c7cccc8ccccc78)NC(c7ccc(-c8ccccc8)cc7)=N6)c6ccccc6c5c34)cc21. The molecule has 4 heteroatoms. The fraction of sp³-hybridized carbons (Fsp3) is 0.107. The number of furan rings is 1. The summed E-state index contributed by atoms with van der Waals surface area (Å²) in [6.45, 7) is 4.75. The standard InChI is InChI=1S/C56H41N3O/c1-56(2)47-24-11-10-20-42(47)43-31-30-38(32-48(43)56)40-22-13-25-49-51(40)52-44-21-9-8-19-41(44)46(33-50(52)60-49)55-58-53(37-28-26-35(27-29-37)34-14-4-3-5-15-34)57-54(59-55)45-23-12-17-36-16-6-7-18-39(36)45/h3-9,11-19,21-33,54H,10,20H2,1-2H3,(H,57,58,59). The first kappa shape index (κ1) is 34.7. The molecule has 8 aromatic carbocycles. The van der Waals surface area contributed by atoms with E-state index in [4.69, 9.17) is 14.4 Å². The molecule has 2 heterocycles. The van der Waals surface area contributed by atoms with Gasteiger partial charge in [-0.05, 0) is 97.1 Å². The number of nitrogens with one attached hydrogen (secondary N) is 1. The number of hydrogen-bond donors (Lipinski definition) is 1. The van der Waals surface area contributed by atoms with E-state index in [-0.39, 0.29) is 11.6 Å². The minimum atomic E-state index is -0.371. The second-order valence-electron chi connectivity index (χ2n) is 16.8. The van der Waals surface area contributed by atoms with Crippen LogP contribution in [0.1, 0.15) is 60.7 Å². The highest BCUT2D eigenvalue weighted by Gasteiger charge is 2.37. The van der Waals surface area contributed by atoms with Crippen molar-refractivity contribution in [2.24, 2.45) is 9.98 Å². The van der Waals surface area contributed by atoms with Crippen molar-refractivity contribution in [1.29, 1.82) is 0 Å². The number of benzene rings is 8. The summed E-state index contributed by atoms with van der Waals surface area (Å²) in [5.41, 5.74) is 15.2. The normalized spacial score (nSPS) is 16.9. The van der Waals surface area contributed by atoms with Crippen LogP contribution in [0.4, 0.5) is 0 Å². The van der Waals surface area contributed by atoms with Crippen LogP contribution in [0.25, 0.3) is 71.3 Å². The Morgan fingerprint density at radius 3 is 2.17 bits per heavy atom. The van der Waals surface area contributed by atoms with Crippen LogP contribution in [0, 0.1) is 0 Å². The highest BCUT2D eigenvalue weighted by molar-refractivity contribution is 6.28. The Labute approximate surface area is 349 Å². The third-order valence-corrected chi connectivity index (χ3v) is 13.0. The average molecular weight is 772 g/mol. The van der Waals surface area contributed by atoms with Crippen LogP contribution >= 0.6 is 0 Å². The number of allylic oxidation sites excluding steroid dienone is 4. The summed E-state index contributed by atoms with van der Waals surface area (Å²) < 4.78 is 6.86. The van der Waals surface area contributed by atoms with Crippen LogP contribution in [0.3, 0.4) is 0 Å². The maximum atomic E-state index is 6.86. The predicted molar refractivity (Wildman–Crippen MR) is 250 cm³/mol. The molecule has 0 spiro atoms. The van der Waals surface area contributed by atoms with E-state index in [0.29, 0.717) is 5.84 Å². The van der Waals surface area contributed by atoms with Crippen molar-refractivity contribution >= 4 is 60.7 Å². The number of fused-ring (bicyclic) bond motifs is 8. The van der Waals surface area contributed by atoms with Crippen molar-refractivity contribution in [3.63, 3.8) is 0 Å². The summed E-state index contributed by atoms with van der Waals surface area (Å²) in [7, 11) is 0. The van der Waals surface area contributed by atoms with Gasteiger partial charge in [0, 0.05) is 32.9 Å². The zero-order chi connectivity index (χ0) is 40.0. The lowest BCUT2D eigenvalue weighted by Gasteiger charge is -2.25. The van der Waals surface area contributed by atoms with Gasteiger partial charge in [-0.3, -0.25) is 0 Å². The van der Waals surface area contributed by atoms with Crippen LogP contribution in [0.15, 0.2) is 196 Å². The first-order chi connectivity index (χ1) is 29.5. The molecule has 1 unspecified atom stereocenters. The van der Waals surface area contributed by atoms with Crippen molar-refractivity contribution in [2.45, 2.75) is 38.3 Å². The minimum Gasteiger partial charge on any atom is -0.456 e. The summed E-state index contributed by atoms with van der Waals surface area (Å²) in [6.07, 6.45) is 6.53. The van der Waals surface area contributed by atoms with Crippen LogP contribution in [-0.4, -0.2) is 11.7 Å². The van der Waals surface area contributed by atoms with Gasteiger partial charge in [0.05, 0.1) is 0 Å². The molecule has 286 valence electrons. The van der Waals surface area contributed by atoms with E-state index >= 15 is 0 Å². The smallest absolute Gasteiger partial charge is 0.160 e. The molecule has 3 aliphatic rings. The Morgan fingerprint density at radius 1 is 0.583 bits per heavy atom. The van der Waals surface area contributed by atoms with E-state index in [1.54, 1.807) is 0 Å². The average Bonchev–Trinajstić information content (AvgIpc) is 3.80. The van der Waals surface area contributed by atoms with Gasteiger partial charge < -0.3 is 9.73 Å². The molecule has 4 nitrogen and oxygen atoms in total. The van der Waals surface area contributed by atoms with E-state index < -0.39 is 0 Å². The maximum Gasteiger partial charge on any atom is 0.160 e. The molecule has 1 aliphatic heterocycles. The van der Waals surface area contributed by atoms with E-state index in [0.717, 1.165) is 79.0 Å². The number of hydrogen-bond acceptors (Lipinski definition) is 4. The molecule has 1 N–H and O–H groups in total. The van der Waals surface area contributed by atoms with Gasteiger partial charge in [0.15, 0.2) is 5.84 Å². The molecule has 2 aliphatic carbocycles. The lowest BCUT2D eigenvalue weighted by Crippen LogP contribution is -2.33. The molecule has 1 aromatic heterocycles. The summed E-state index contributed by atoms with van der Waals surface area (Å²) >= 11 is 0. The van der Waals surface area contributed by atoms with Crippen LogP contribution < -0.4 is 5.32 Å². The van der Waals surface area contributed by atoms with E-state index in [9.17, 15) is 0 Å². The summed E-state index contributed by atoms with van der Waals surface area (Å²) in [4.78, 5) is 10.8. The Hall–Kier alpha value is -7.30. The fourth-order valence-corrected chi connectivity index (χ4v) is 10.1. The van der Waals surface area contributed by atoms with Crippen molar-refractivity contribution in [2.75, 3.05) is 0 Å². The maximum absolute atomic E-state index is 6.86. The molecular weight excluding hydrogens is 731 g/mol. The Bertz CT molecular complexity index is 3360. The summed E-state index contributed by atoms with van der Waals surface area (Å²) in [6, 6.07) is 58.5. The topological polar surface area (TPSA) is 49.9 Å². The van der Waals surface area contributed by atoms with Gasteiger partial charge in [-0.25, -0.2) is 9.98 Å². The molecule has 0 saturated heterocycles. The van der Waals surface area contributed by atoms with Crippen LogP contribution in [0.2, 0.25) is 0 Å². The molecule has 1 atom stereocenters. The molecule has 0 fully saturated rings. The van der Waals surface area contributed by atoms with Gasteiger partial charge in [0.1, 0.15) is 23.2 Å². The number of aliphatic imine (C=N–C) groups is 2. The Morgan fingerprint density at radius 2 is 1.30 bits per heavy atom. The van der Waals surface area contributed by atoms with Gasteiger partial charge in [-0.15, -0.1) is 0 Å². The molecule has 0 amide bonds. The molecule has 0 bridgehead atoms. The molecule has 0 saturated carbocycles. The largest absolute Gasteiger partial charge is 0.456 e. The third kappa shape index (κ3) is 5.37. The van der Waals surface area contributed by atoms with Crippen LogP contribution in [-0.2, 0) is 5.41 Å². The molecule has 0 radical (unpaired) electrons. The predicted octanol–water partition coefficient (Wildman–Crippen LogP) is 14.1. The lowest BCUT2D eigenvalue weighted by atomic mass is 9.79. The van der Waals surface area contributed by atoms with Gasteiger partial charge in [0.2, 0.25) is 0 Å². The number of nitrogens with zero attached hydrogens (tertiary/aromatic N) is 2. The zero-order valence-corrected chi connectivity index (χ0v) is 33.5. The van der Waals surface area contributed by atoms with Gasteiger partial charge in [0.25, 0.3) is 0 Å². The quantitative estimate of drug-likeness (QED) is 0.189. The molecular formula is C56H41N3O. The fourth-order valence-electron chi connectivity index (χ4n) is 10.1. The molecule has 12 rings (SSSR count). The van der Waals surface area contributed by atoms with Gasteiger partial charge in [-0.1, -0.05) is 172 Å². The first-order valence-electron chi connectivity index (χ1n) is 21.0. The second-order valence-corrected chi connectivity index (χ2v) is 16.8. The first-order valence-corrected chi connectivity index (χ1v) is 21.0. The highest BCUT2D eigenvalue weighted by Crippen LogP contribution is 2.51. The third-order valence-electron chi connectivity index (χ3n) is 13.0. The van der Waals surface area contributed by atoms with Crippen molar-refractivity contribution < 1.29 is 4.42 Å². The Kier molecular flexibility index (Phi) is 7.74. The lowest BCUT2D eigenvalue weighted by molar-refractivity contribution is 0.651. The number of amidine groups is 2. The van der Waals surface area contributed by atoms with Gasteiger partial charge in [-0.2, -0.15) is 0 Å². The highest BCUT2D eigenvalue weighted by atomic mass is 16.3. The van der Waals surface area contributed by atoms with Crippen molar-refractivity contribution in [3.8, 4) is 22.3 Å². The second kappa shape index (κ2) is 13.4. The zero-order valence-electron chi connectivity index (χ0n) is 33.5. The molecule has 60 heavy (non-hydrogen) atoms. The number of rotatable bonds is 5. The minimum absolute atomic E-state index is 0.0473. The molecule has 9 aromatic rings. The Balaban J connectivity index is 1.04. The van der Waals surface area contributed by atoms with E-state index in [2.05, 4.69) is 189 Å².